The number of benzene rings is 1. The Balaban J connectivity index is 1.74. The molecule has 2 atom stereocenters. The smallest absolute Gasteiger partial charge is 0.410 e. The van der Waals surface area contributed by atoms with Crippen molar-refractivity contribution in [1.82, 2.24) is 9.47 Å². The summed E-state index contributed by atoms with van der Waals surface area (Å²) in [5.41, 5.74) is 2.31. The quantitative estimate of drug-likeness (QED) is 0.742. The summed E-state index contributed by atoms with van der Waals surface area (Å²) in [6.45, 7) is 6.87. The predicted molar refractivity (Wildman–Crippen MR) is 117 cm³/mol. The van der Waals surface area contributed by atoms with Crippen LogP contribution in [0, 0.1) is 5.92 Å². The third kappa shape index (κ3) is 4.43. The maximum atomic E-state index is 12.9. The molecule has 6 heteroatoms. The highest BCUT2D eigenvalue weighted by atomic mass is 16.6. The van der Waals surface area contributed by atoms with Gasteiger partial charge in [0.1, 0.15) is 5.60 Å². The number of pyridine rings is 1. The fourth-order valence-electron chi connectivity index (χ4n) is 4.15. The van der Waals surface area contributed by atoms with Gasteiger partial charge in [0.15, 0.2) is 0 Å². The molecule has 6 nitrogen and oxygen atoms in total. The highest BCUT2D eigenvalue weighted by Crippen LogP contribution is 2.38. The van der Waals surface area contributed by atoms with Crippen molar-refractivity contribution in [1.29, 1.82) is 0 Å². The minimum absolute atomic E-state index is 0.0455. The molecule has 1 aliphatic heterocycles. The van der Waals surface area contributed by atoms with E-state index in [0.717, 1.165) is 23.1 Å². The van der Waals surface area contributed by atoms with Crippen molar-refractivity contribution in [2.45, 2.75) is 51.7 Å². The normalized spacial score (nSPS) is 20.3. The molecular weight excluding hydrogens is 380 g/mol. The molecule has 1 unspecified atom stereocenters. The first-order valence-electron chi connectivity index (χ1n) is 10.6. The third-order valence-corrected chi connectivity index (χ3v) is 6.41. The van der Waals surface area contributed by atoms with E-state index in [9.17, 15) is 14.7 Å². The number of ether oxygens (including phenoxy) is 1. The molecule has 2 aromatic rings. The van der Waals surface area contributed by atoms with Crippen LogP contribution in [0.3, 0.4) is 0 Å². The number of aromatic nitrogens is 1. The second-order valence-electron chi connectivity index (χ2n) is 8.52. The first kappa shape index (κ1) is 22.1. The van der Waals surface area contributed by atoms with Gasteiger partial charge >= 0.3 is 6.09 Å². The van der Waals surface area contributed by atoms with Crippen LogP contribution in [0.5, 0.6) is 0 Å². The predicted octanol–water partition coefficient (Wildman–Crippen LogP) is 4.12. The number of carbonyl (C=O) groups is 1. The first-order valence-corrected chi connectivity index (χ1v) is 10.6. The second kappa shape index (κ2) is 9.04. The number of aliphatic hydroxyl groups is 1. The molecule has 1 aromatic heterocycles. The lowest BCUT2D eigenvalue weighted by Gasteiger charge is -2.45. The highest BCUT2D eigenvalue weighted by Gasteiger charge is 2.43. The number of hydrogen-bond acceptors (Lipinski definition) is 4. The van der Waals surface area contributed by atoms with Gasteiger partial charge in [-0.25, -0.2) is 4.79 Å². The van der Waals surface area contributed by atoms with Crippen molar-refractivity contribution in [3.8, 4) is 11.1 Å². The molecule has 30 heavy (non-hydrogen) atoms. The zero-order valence-corrected chi connectivity index (χ0v) is 18.3. The van der Waals surface area contributed by atoms with Crippen LogP contribution in [0.1, 0.15) is 51.6 Å². The van der Waals surface area contributed by atoms with Crippen LogP contribution in [-0.4, -0.2) is 39.4 Å². The lowest BCUT2D eigenvalue weighted by Crippen LogP contribution is -2.52. The van der Waals surface area contributed by atoms with Crippen molar-refractivity contribution in [3.63, 3.8) is 0 Å². The largest absolute Gasteiger partial charge is 0.442 e. The number of carbonyl (C=O) groups excluding carboxylic acids is 1. The molecular formula is C24H32N2O4. The van der Waals surface area contributed by atoms with Gasteiger partial charge in [-0.05, 0) is 48.4 Å². The van der Waals surface area contributed by atoms with E-state index < -0.39 is 5.60 Å². The number of amides is 1. The summed E-state index contributed by atoms with van der Waals surface area (Å²) in [6, 6.07) is 11.4. The highest BCUT2D eigenvalue weighted by molar-refractivity contribution is 5.70. The second-order valence-corrected chi connectivity index (χ2v) is 8.52. The molecule has 0 spiro atoms. The zero-order chi connectivity index (χ0) is 21.9. The summed E-state index contributed by atoms with van der Waals surface area (Å²) in [6.07, 6.45) is 3.53. The van der Waals surface area contributed by atoms with E-state index in [-0.39, 0.29) is 30.2 Å². The molecule has 1 saturated heterocycles. The molecule has 1 fully saturated rings. The maximum absolute atomic E-state index is 12.9. The summed E-state index contributed by atoms with van der Waals surface area (Å²) in [5.74, 6) is 0.198. The molecule has 1 N–H and O–H groups in total. The Morgan fingerprint density at radius 1 is 1.10 bits per heavy atom. The molecule has 0 bridgehead atoms. The van der Waals surface area contributed by atoms with E-state index in [1.54, 1.807) is 28.8 Å². The van der Waals surface area contributed by atoms with Gasteiger partial charge in [0.05, 0.1) is 6.04 Å². The minimum atomic E-state index is -0.501. The van der Waals surface area contributed by atoms with Crippen LogP contribution in [0.15, 0.2) is 47.4 Å². The van der Waals surface area contributed by atoms with Gasteiger partial charge in [-0.2, -0.15) is 0 Å². The average Bonchev–Trinajstić information content (AvgIpc) is 2.74. The van der Waals surface area contributed by atoms with Crippen LogP contribution < -0.4 is 5.56 Å². The number of aliphatic hydroxyl groups excluding tert-OH is 1. The van der Waals surface area contributed by atoms with E-state index in [4.69, 9.17) is 4.74 Å². The number of rotatable bonds is 7. The summed E-state index contributed by atoms with van der Waals surface area (Å²) in [5, 5.41) is 9.21. The molecule has 0 aliphatic carbocycles. The van der Waals surface area contributed by atoms with Crippen LogP contribution in [0.25, 0.3) is 11.1 Å². The number of hydrogen-bond donors (Lipinski definition) is 1. The lowest BCUT2D eigenvalue weighted by molar-refractivity contribution is -0.0894. The first-order chi connectivity index (χ1) is 14.3. The van der Waals surface area contributed by atoms with E-state index in [1.165, 1.54) is 0 Å². The summed E-state index contributed by atoms with van der Waals surface area (Å²) in [4.78, 5) is 26.5. The third-order valence-electron chi connectivity index (χ3n) is 6.41. The zero-order valence-electron chi connectivity index (χ0n) is 18.3. The fraction of sp³-hybridized carbons (Fsp3) is 0.500. The van der Waals surface area contributed by atoms with Crippen molar-refractivity contribution >= 4 is 6.09 Å². The van der Waals surface area contributed by atoms with Gasteiger partial charge in [-0.3, -0.25) is 4.79 Å². The molecule has 1 aromatic carbocycles. The number of nitrogens with zero attached hydrogens (tertiary/aromatic N) is 2. The van der Waals surface area contributed by atoms with Crippen LogP contribution in [0.4, 0.5) is 4.79 Å². The van der Waals surface area contributed by atoms with E-state index in [1.807, 2.05) is 37.3 Å². The standard InChI is InChI=1S/C24H32N2O4/c1-17(2)24(11-5-15-27)12-14-26(23(29)30-24)18(3)19-6-8-20(9-7-19)21-10-13-25(4)22(28)16-21/h6-10,13,16-18,27H,5,11-12,14-15H2,1-4H3/t18-,24?/m0/s1. The van der Waals surface area contributed by atoms with Crippen LogP contribution in [0.2, 0.25) is 0 Å². The Labute approximate surface area is 178 Å². The topological polar surface area (TPSA) is 71.8 Å². The fourth-order valence-corrected chi connectivity index (χ4v) is 4.15. The van der Waals surface area contributed by atoms with E-state index in [0.29, 0.717) is 19.4 Å². The van der Waals surface area contributed by atoms with Crippen LogP contribution in [-0.2, 0) is 11.8 Å². The van der Waals surface area contributed by atoms with Gasteiger partial charge in [0, 0.05) is 38.9 Å². The van der Waals surface area contributed by atoms with Crippen molar-refractivity contribution in [3.05, 3.63) is 58.5 Å². The van der Waals surface area contributed by atoms with Gasteiger partial charge in [0.25, 0.3) is 5.56 Å². The maximum Gasteiger partial charge on any atom is 0.410 e. The molecule has 1 amide bonds. The lowest BCUT2D eigenvalue weighted by atomic mass is 9.81. The minimum Gasteiger partial charge on any atom is -0.442 e. The summed E-state index contributed by atoms with van der Waals surface area (Å²) in [7, 11) is 1.73. The summed E-state index contributed by atoms with van der Waals surface area (Å²) < 4.78 is 7.49. The number of aryl methyl sites for hydroxylation is 1. The Morgan fingerprint density at radius 3 is 2.37 bits per heavy atom. The molecule has 162 valence electrons. The molecule has 3 rings (SSSR count). The number of cyclic esters (lactones) is 1. The molecule has 1 aliphatic rings. The van der Waals surface area contributed by atoms with Crippen molar-refractivity contribution in [2.75, 3.05) is 13.2 Å². The monoisotopic (exact) mass is 412 g/mol. The van der Waals surface area contributed by atoms with Gasteiger partial charge in [-0.15, -0.1) is 0 Å². The van der Waals surface area contributed by atoms with Gasteiger partial charge in [0.2, 0.25) is 0 Å². The van der Waals surface area contributed by atoms with E-state index >= 15 is 0 Å². The van der Waals surface area contributed by atoms with Crippen LogP contribution >= 0.6 is 0 Å². The van der Waals surface area contributed by atoms with Gasteiger partial charge < -0.3 is 19.3 Å². The van der Waals surface area contributed by atoms with E-state index in [2.05, 4.69) is 13.8 Å². The SMILES string of the molecule is CC(C)C1(CCCO)CCN([C@@H](C)c2ccc(-c3ccn(C)c(=O)c3)cc2)C(=O)O1. The molecule has 2 heterocycles. The Kier molecular flexibility index (Phi) is 6.66. The Bertz CT molecular complexity index is 935. The summed E-state index contributed by atoms with van der Waals surface area (Å²) >= 11 is 0. The van der Waals surface area contributed by atoms with Crippen molar-refractivity contribution < 1.29 is 14.6 Å². The molecule has 0 saturated carbocycles. The Hall–Kier alpha value is -2.60. The molecule has 0 radical (unpaired) electrons. The Morgan fingerprint density at radius 2 is 1.80 bits per heavy atom. The van der Waals surface area contributed by atoms with Gasteiger partial charge in [-0.1, -0.05) is 38.1 Å². The average molecular weight is 413 g/mol. The van der Waals surface area contributed by atoms with Crippen molar-refractivity contribution in [2.24, 2.45) is 13.0 Å².